The van der Waals surface area contributed by atoms with Crippen LogP contribution in [0.3, 0.4) is 0 Å². The first-order valence-corrected chi connectivity index (χ1v) is 12.1. The van der Waals surface area contributed by atoms with Gasteiger partial charge in [-0.3, -0.25) is 14.4 Å². The summed E-state index contributed by atoms with van der Waals surface area (Å²) in [6.07, 6.45) is 0.775. The molecule has 170 valence electrons. The highest BCUT2D eigenvalue weighted by Crippen LogP contribution is 2.43. The van der Waals surface area contributed by atoms with E-state index in [-0.39, 0.29) is 10.6 Å². The number of halogens is 1. The third kappa shape index (κ3) is 3.89. The average Bonchev–Trinajstić information content (AvgIpc) is 3.13. The van der Waals surface area contributed by atoms with Crippen LogP contribution in [0.2, 0.25) is 11.3 Å². The number of fused-ring (bicyclic) bond motifs is 1. The molecule has 0 amide bonds. The molecule has 0 aromatic heterocycles. The van der Waals surface area contributed by atoms with Crippen LogP contribution in [0.1, 0.15) is 33.3 Å². The largest absolute Gasteiger partial charge is 0.459 e. The second-order valence-corrected chi connectivity index (χ2v) is 11.4. The van der Waals surface area contributed by atoms with Crippen molar-refractivity contribution in [1.29, 1.82) is 0 Å². The third-order valence-electron chi connectivity index (χ3n) is 6.44. The fourth-order valence-corrected chi connectivity index (χ4v) is 6.00. The van der Waals surface area contributed by atoms with Crippen LogP contribution in [0.25, 0.3) is 0 Å². The van der Waals surface area contributed by atoms with Gasteiger partial charge in [-0.1, -0.05) is 11.6 Å². The Morgan fingerprint density at radius 1 is 1.12 bits per heavy atom. The van der Waals surface area contributed by atoms with Gasteiger partial charge in [-0.05, 0) is 70.0 Å². The first kappa shape index (κ1) is 23.0. The quantitative estimate of drug-likeness (QED) is 0.357. The topological polar surface area (TPSA) is 99.0 Å². The van der Waals surface area contributed by atoms with E-state index < -0.39 is 39.3 Å². The Morgan fingerprint density at radius 2 is 1.72 bits per heavy atom. The molecule has 0 aliphatic carbocycles. The average molecular weight is 479 g/mol. The van der Waals surface area contributed by atoms with E-state index in [1.54, 1.807) is 18.2 Å². The molecule has 2 aliphatic rings. The number of nitro groups is 1. The van der Waals surface area contributed by atoms with E-state index in [1.807, 2.05) is 27.7 Å². The smallest absolute Gasteiger partial charge is 0.403 e. The fourth-order valence-electron chi connectivity index (χ4n) is 4.11. The molecule has 1 unspecified atom stereocenters. The molecule has 2 aromatic rings. The van der Waals surface area contributed by atoms with Crippen LogP contribution in [0.15, 0.2) is 47.4 Å². The van der Waals surface area contributed by atoms with Crippen molar-refractivity contribution in [1.82, 2.24) is 0 Å². The number of rotatable bonds is 5. The van der Waals surface area contributed by atoms with Gasteiger partial charge in [-0.25, -0.2) is 8.42 Å². The van der Waals surface area contributed by atoms with Crippen molar-refractivity contribution in [2.45, 2.75) is 62.6 Å². The highest BCUT2D eigenvalue weighted by molar-refractivity contribution is 7.92. The maximum absolute atomic E-state index is 13.6. The summed E-state index contributed by atoms with van der Waals surface area (Å²) in [7, 11) is -4.58. The molecule has 2 heterocycles. The van der Waals surface area contributed by atoms with Crippen LogP contribution in [0, 0.1) is 10.1 Å². The van der Waals surface area contributed by atoms with Gasteiger partial charge in [0.2, 0.25) is 0 Å². The summed E-state index contributed by atoms with van der Waals surface area (Å²) < 4.78 is 40.9. The summed E-state index contributed by atoms with van der Waals surface area (Å²) in [5.41, 5.74) is 0.105. The predicted octanol–water partition coefficient (Wildman–Crippen LogP) is 4.46. The molecule has 1 atom stereocenters. The fraction of sp³-hybridized carbons (Fsp3) is 0.429. The maximum Gasteiger partial charge on any atom is 0.459 e. The van der Waals surface area contributed by atoms with Gasteiger partial charge in [-0.2, -0.15) is 0 Å². The minimum Gasteiger partial charge on any atom is -0.403 e. The summed E-state index contributed by atoms with van der Waals surface area (Å²) in [5, 5.41) is 11.5. The van der Waals surface area contributed by atoms with Crippen LogP contribution >= 0.6 is 11.6 Å². The maximum atomic E-state index is 13.6. The number of nitrogens with zero attached hydrogens (tertiary/aromatic N) is 2. The molecule has 8 nitrogen and oxygen atoms in total. The zero-order valence-electron chi connectivity index (χ0n) is 18.2. The lowest BCUT2D eigenvalue weighted by Gasteiger charge is -2.32. The SMILES string of the molecule is CC1(C)OB(CC2Cc3cc(Cl)ccc3N2S(=O)(=O)c2ccc([N+](=O)[O-])cc2)OC1(C)C. The van der Waals surface area contributed by atoms with Gasteiger partial charge in [0, 0.05) is 29.5 Å². The lowest BCUT2D eigenvalue weighted by molar-refractivity contribution is -0.384. The number of hydrogen-bond donors (Lipinski definition) is 0. The monoisotopic (exact) mass is 478 g/mol. The van der Waals surface area contributed by atoms with Crippen molar-refractivity contribution in [3.63, 3.8) is 0 Å². The van der Waals surface area contributed by atoms with Crippen molar-refractivity contribution in [2.24, 2.45) is 0 Å². The van der Waals surface area contributed by atoms with Crippen LogP contribution in [0.5, 0.6) is 0 Å². The van der Waals surface area contributed by atoms with Gasteiger partial charge in [0.25, 0.3) is 15.7 Å². The van der Waals surface area contributed by atoms with E-state index in [9.17, 15) is 18.5 Å². The van der Waals surface area contributed by atoms with Crippen molar-refractivity contribution in [3.8, 4) is 0 Å². The molecular formula is C21H24BClN2O6S. The number of non-ortho nitro benzene ring substituents is 1. The Hall–Kier alpha value is -2.14. The van der Waals surface area contributed by atoms with Crippen molar-refractivity contribution in [2.75, 3.05) is 4.31 Å². The Kier molecular flexibility index (Phi) is 5.56. The highest BCUT2D eigenvalue weighted by atomic mass is 35.5. The zero-order chi connectivity index (χ0) is 23.5. The van der Waals surface area contributed by atoms with Gasteiger partial charge in [-0.15, -0.1) is 0 Å². The van der Waals surface area contributed by atoms with Crippen LogP contribution in [-0.4, -0.2) is 37.7 Å². The molecule has 4 rings (SSSR count). The number of sulfonamides is 1. The van der Waals surface area contributed by atoms with Gasteiger partial charge in [0.1, 0.15) is 0 Å². The molecular weight excluding hydrogens is 455 g/mol. The van der Waals surface area contributed by atoms with E-state index >= 15 is 0 Å². The third-order valence-corrected chi connectivity index (χ3v) is 8.55. The summed E-state index contributed by atoms with van der Waals surface area (Å²) in [4.78, 5) is 10.4. The summed E-state index contributed by atoms with van der Waals surface area (Å²) >= 11 is 6.16. The minimum absolute atomic E-state index is 0.0233. The standard InChI is InChI=1S/C21H24BClN2O6S/c1-20(2)21(3,4)31-22(30-20)13-17-12-14-11-15(23)5-10-19(14)24(17)32(28,29)18-8-6-16(7-9-18)25(26)27/h5-11,17H,12-13H2,1-4H3. The first-order valence-electron chi connectivity index (χ1n) is 10.2. The second-order valence-electron chi connectivity index (χ2n) is 9.10. The van der Waals surface area contributed by atoms with Crippen molar-refractivity contribution >= 4 is 40.1 Å². The van der Waals surface area contributed by atoms with Gasteiger partial charge < -0.3 is 9.31 Å². The highest BCUT2D eigenvalue weighted by Gasteiger charge is 2.53. The first-order chi connectivity index (χ1) is 14.8. The predicted molar refractivity (Wildman–Crippen MR) is 123 cm³/mol. The van der Waals surface area contributed by atoms with Gasteiger partial charge in [0.05, 0.1) is 26.7 Å². The Bertz CT molecular complexity index is 1150. The zero-order valence-corrected chi connectivity index (χ0v) is 19.8. The van der Waals surface area contributed by atoms with E-state index in [0.717, 1.165) is 5.56 Å². The lowest BCUT2D eigenvalue weighted by Crippen LogP contribution is -2.41. The lowest BCUT2D eigenvalue weighted by atomic mass is 9.80. The summed E-state index contributed by atoms with van der Waals surface area (Å²) in [5.74, 6) is 0. The number of anilines is 1. The van der Waals surface area contributed by atoms with E-state index in [2.05, 4.69) is 0 Å². The Morgan fingerprint density at radius 3 is 2.28 bits per heavy atom. The molecule has 0 N–H and O–H groups in total. The molecule has 1 fully saturated rings. The minimum atomic E-state index is -4.00. The molecule has 0 saturated carbocycles. The van der Waals surface area contributed by atoms with Crippen LogP contribution in [0.4, 0.5) is 11.4 Å². The summed E-state index contributed by atoms with van der Waals surface area (Å²) in [6, 6.07) is 9.53. The number of nitro benzene ring substituents is 1. The molecule has 0 spiro atoms. The molecule has 11 heteroatoms. The van der Waals surface area contributed by atoms with E-state index in [0.29, 0.717) is 23.5 Å². The Balaban J connectivity index is 1.70. The van der Waals surface area contributed by atoms with Gasteiger partial charge >= 0.3 is 7.12 Å². The molecule has 32 heavy (non-hydrogen) atoms. The molecule has 2 aliphatic heterocycles. The van der Waals surface area contributed by atoms with Crippen LogP contribution in [-0.2, 0) is 25.8 Å². The van der Waals surface area contributed by atoms with Crippen molar-refractivity contribution < 1.29 is 22.6 Å². The number of hydrogen-bond acceptors (Lipinski definition) is 6. The number of benzene rings is 2. The van der Waals surface area contributed by atoms with Crippen LogP contribution < -0.4 is 4.31 Å². The molecule has 2 aromatic carbocycles. The van der Waals surface area contributed by atoms with Gasteiger partial charge in [0.15, 0.2) is 0 Å². The normalized spacial score (nSPS) is 21.6. The molecule has 0 bridgehead atoms. The summed E-state index contributed by atoms with van der Waals surface area (Å²) in [6.45, 7) is 7.78. The van der Waals surface area contributed by atoms with Crippen molar-refractivity contribution in [3.05, 3.63) is 63.2 Å². The Labute approximate surface area is 192 Å². The molecule has 1 saturated heterocycles. The van der Waals surface area contributed by atoms with E-state index in [1.165, 1.54) is 28.6 Å². The molecule has 0 radical (unpaired) electrons. The van der Waals surface area contributed by atoms with E-state index in [4.69, 9.17) is 20.9 Å². The second kappa shape index (κ2) is 7.72.